The van der Waals surface area contributed by atoms with Crippen molar-refractivity contribution in [1.82, 2.24) is 0 Å². The zero-order chi connectivity index (χ0) is 6.01. The van der Waals surface area contributed by atoms with Gasteiger partial charge in [0.25, 0.3) is 0 Å². The molecule has 9 heavy (non-hydrogen) atoms. The van der Waals surface area contributed by atoms with Crippen molar-refractivity contribution >= 4 is 5.78 Å². The van der Waals surface area contributed by atoms with Crippen molar-refractivity contribution in [3.05, 3.63) is 0 Å². The van der Waals surface area contributed by atoms with Crippen LogP contribution in [0.2, 0.25) is 0 Å². The molecule has 2 atom stereocenters. The van der Waals surface area contributed by atoms with Gasteiger partial charge in [-0.3, -0.25) is 4.79 Å². The normalized spacial score (nSPS) is 60.2. The van der Waals surface area contributed by atoms with E-state index >= 15 is 0 Å². The highest BCUT2D eigenvalue weighted by Gasteiger charge is 2.60. The van der Waals surface area contributed by atoms with E-state index in [0.29, 0.717) is 17.6 Å². The lowest BCUT2D eigenvalue weighted by Crippen LogP contribution is -2.45. The van der Waals surface area contributed by atoms with E-state index in [9.17, 15) is 4.79 Å². The fourth-order valence-electron chi connectivity index (χ4n) is 3.16. The molecule has 0 aromatic heterocycles. The smallest absolute Gasteiger partial charge is 0.139 e. The molecule has 0 spiro atoms. The number of ketones is 1. The molecule has 3 aliphatic carbocycles. The van der Waals surface area contributed by atoms with Crippen molar-refractivity contribution in [1.29, 1.82) is 0 Å². The molecular weight excluding hydrogens is 112 g/mol. The molecule has 48 valence electrons. The second kappa shape index (κ2) is 1.09. The lowest BCUT2D eigenvalue weighted by molar-refractivity contribution is -0.142. The van der Waals surface area contributed by atoms with Crippen molar-refractivity contribution in [3.63, 3.8) is 0 Å². The molecule has 0 aromatic carbocycles. The molecule has 0 amide bonds. The number of fused-ring (bicyclic) bond motifs is 1. The summed E-state index contributed by atoms with van der Waals surface area (Å²) in [5.74, 6) is 3.53. The number of hydrogen-bond acceptors (Lipinski definition) is 1. The van der Waals surface area contributed by atoms with Crippen molar-refractivity contribution < 1.29 is 4.79 Å². The maximum absolute atomic E-state index is 11.1. The van der Waals surface area contributed by atoms with Crippen LogP contribution in [0.5, 0.6) is 0 Å². The fourth-order valence-corrected chi connectivity index (χ4v) is 3.16. The largest absolute Gasteiger partial charge is 0.299 e. The molecule has 0 aromatic rings. The SMILES string of the molecule is O=C1C2CC3CC1C2C3. The van der Waals surface area contributed by atoms with E-state index in [2.05, 4.69) is 0 Å². The minimum absolute atomic E-state index is 0.550. The topological polar surface area (TPSA) is 17.1 Å². The van der Waals surface area contributed by atoms with Gasteiger partial charge in [0.2, 0.25) is 0 Å². The second-order valence-electron chi connectivity index (χ2n) is 3.85. The first-order valence-electron chi connectivity index (χ1n) is 3.90. The average Bonchev–Trinajstić information content (AvgIpc) is 2.40. The van der Waals surface area contributed by atoms with E-state index in [1.807, 2.05) is 0 Å². The minimum Gasteiger partial charge on any atom is -0.299 e. The number of rotatable bonds is 0. The molecule has 0 aliphatic heterocycles. The minimum atomic E-state index is 0.550. The molecule has 2 bridgehead atoms. The van der Waals surface area contributed by atoms with Crippen LogP contribution in [0, 0.1) is 23.7 Å². The zero-order valence-corrected chi connectivity index (χ0v) is 5.34. The van der Waals surface area contributed by atoms with Crippen LogP contribution in [0.1, 0.15) is 19.3 Å². The Bertz CT molecular complexity index is 169. The standard InChI is InChI=1S/C8H10O/c9-8-6-2-4-1-5(6)7(8)3-4/h4-7H,1-3H2. The summed E-state index contributed by atoms with van der Waals surface area (Å²) < 4.78 is 0. The van der Waals surface area contributed by atoms with Crippen LogP contribution in [0.25, 0.3) is 0 Å². The van der Waals surface area contributed by atoms with E-state index in [1.54, 1.807) is 0 Å². The number of carbonyl (C=O) groups is 1. The van der Waals surface area contributed by atoms with Gasteiger partial charge in [-0.25, -0.2) is 0 Å². The summed E-state index contributed by atoms with van der Waals surface area (Å²) >= 11 is 0. The summed E-state index contributed by atoms with van der Waals surface area (Å²) in [5.41, 5.74) is 0. The lowest BCUT2D eigenvalue weighted by atomic mass is 9.63. The Morgan fingerprint density at radius 1 is 1.11 bits per heavy atom. The lowest BCUT2D eigenvalue weighted by Gasteiger charge is -2.39. The molecule has 3 aliphatic rings. The van der Waals surface area contributed by atoms with Crippen LogP contribution in [0.15, 0.2) is 0 Å². The van der Waals surface area contributed by atoms with Crippen LogP contribution >= 0.6 is 0 Å². The molecule has 1 heteroatoms. The Labute approximate surface area is 54.4 Å². The van der Waals surface area contributed by atoms with Gasteiger partial charge in [0.15, 0.2) is 0 Å². The summed E-state index contributed by atoms with van der Waals surface area (Å²) in [6.45, 7) is 0. The van der Waals surface area contributed by atoms with Crippen molar-refractivity contribution in [2.45, 2.75) is 19.3 Å². The van der Waals surface area contributed by atoms with E-state index < -0.39 is 0 Å². The third kappa shape index (κ3) is 0.322. The highest BCUT2D eigenvalue weighted by Crippen LogP contribution is 2.60. The summed E-state index contributed by atoms with van der Waals surface area (Å²) in [7, 11) is 0. The molecule has 2 unspecified atom stereocenters. The summed E-state index contributed by atoms with van der Waals surface area (Å²) in [5, 5.41) is 0. The van der Waals surface area contributed by atoms with Gasteiger partial charge in [0, 0.05) is 11.8 Å². The molecule has 3 saturated carbocycles. The first kappa shape index (κ1) is 4.48. The van der Waals surface area contributed by atoms with Crippen LogP contribution in [-0.4, -0.2) is 5.78 Å². The first-order chi connectivity index (χ1) is 4.36. The van der Waals surface area contributed by atoms with Crippen molar-refractivity contribution in [3.8, 4) is 0 Å². The Morgan fingerprint density at radius 3 is 2.11 bits per heavy atom. The second-order valence-corrected chi connectivity index (χ2v) is 3.85. The van der Waals surface area contributed by atoms with E-state index in [4.69, 9.17) is 0 Å². The fraction of sp³-hybridized carbons (Fsp3) is 0.875. The van der Waals surface area contributed by atoms with Gasteiger partial charge in [-0.05, 0) is 31.1 Å². The molecule has 1 nitrogen and oxygen atoms in total. The highest BCUT2D eigenvalue weighted by atomic mass is 16.1. The number of hydrogen-bond donors (Lipinski definition) is 0. The predicted molar refractivity (Wildman–Crippen MR) is 32.8 cm³/mol. The van der Waals surface area contributed by atoms with Gasteiger partial charge < -0.3 is 0 Å². The van der Waals surface area contributed by atoms with E-state index in [-0.39, 0.29) is 0 Å². The first-order valence-corrected chi connectivity index (χ1v) is 3.90. The predicted octanol–water partition coefficient (Wildman–Crippen LogP) is 1.23. The van der Waals surface area contributed by atoms with Gasteiger partial charge in [-0.2, -0.15) is 0 Å². The third-order valence-corrected chi connectivity index (χ3v) is 3.54. The van der Waals surface area contributed by atoms with Gasteiger partial charge in [0.05, 0.1) is 0 Å². The van der Waals surface area contributed by atoms with Crippen LogP contribution in [-0.2, 0) is 4.79 Å². The monoisotopic (exact) mass is 122 g/mol. The molecule has 0 heterocycles. The van der Waals surface area contributed by atoms with Crippen molar-refractivity contribution in [2.24, 2.45) is 23.7 Å². The number of Topliss-reactive ketones (excluding diaryl/α,β-unsaturated/α-hetero) is 1. The molecule has 3 fully saturated rings. The van der Waals surface area contributed by atoms with Gasteiger partial charge >= 0.3 is 0 Å². The molecular formula is C8H10O. The van der Waals surface area contributed by atoms with E-state index in [1.165, 1.54) is 19.3 Å². The highest BCUT2D eigenvalue weighted by molar-refractivity contribution is 5.91. The van der Waals surface area contributed by atoms with Gasteiger partial charge in [-0.1, -0.05) is 0 Å². The van der Waals surface area contributed by atoms with Crippen molar-refractivity contribution in [2.75, 3.05) is 0 Å². The Hall–Kier alpha value is -0.330. The van der Waals surface area contributed by atoms with Crippen LogP contribution in [0.4, 0.5) is 0 Å². The summed E-state index contributed by atoms with van der Waals surface area (Å²) in [6.07, 6.45) is 3.89. The van der Waals surface area contributed by atoms with Crippen LogP contribution < -0.4 is 0 Å². The molecule has 0 saturated heterocycles. The quantitative estimate of drug-likeness (QED) is 0.472. The average molecular weight is 122 g/mol. The number of carbonyl (C=O) groups excluding carboxylic acids is 1. The zero-order valence-electron chi connectivity index (χ0n) is 5.34. The van der Waals surface area contributed by atoms with Crippen LogP contribution in [0.3, 0.4) is 0 Å². The molecule has 3 rings (SSSR count). The maximum atomic E-state index is 11.1. The molecule has 0 N–H and O–H groups in total. The van der Waals surface area contributed by atoms with Gasteiger partial charge in [0.1, 0.15) is 5.78 Å². The third-order valence-electron chi connectivity index (χ3n) is 3.54. The van der Waals surface area contributed by atoms with E-state index in [0.717, 1.165) is 11.8 Å². The Kier molecular flexibility index (Phi) is 0.544. The van der Waals surface area contributed by atoms with Gasteiger partial charge in [-0.15, -0.1) is 0 Å². The maximum Gasteiger partial charge on any atom is 0.139 e. The summed E-state index contributed by atoms with van der Waals surface area (Å²) in [6, 6.07) is 0. The summed E-state index contributed by atoms with van der Waals surface area (Å²) in [4.78, 5) is 11.1. The molecule has 0 radical (unpaired) electrons. The Balaban J connectivity index is 2.06. The Morgan fingerprint density at radius 2 is 1.78 bits per heavy atom.